The average molecular weight is 556 g/mol. The maximum absolute atomic E-state index is 13.8. The number of amides is 1. The van der Waals surface area contributed by atoms with E-state index in [1.807, 2.05) is 46.7 Å². The van der Waals surface area contributed by atoms with Crippen LogP contribution >= 0.6 is 11.3 Å². The molecule has 2 atom stereocenters. The zero-order valence-corrected chi connectivity index (χ0v) is 24.1. The van der Waals surface area contributed by atoms with Gasteiger partial charge in [-0.05, 0) is 54.6 Å². The number of piperidine rings is 1. The lowest BCUT2D eigenvalue weighted by Crippen LogP contribution is -2.52. The fourth-order valence-electron chi connectivity index (χ4n) is 6.66. The number of aromatic nitrogens is 2. The average Bonchev–Trinajstić information content (AvgIpc) is 3.40. The predicted octanol–water partition coefficient (Wildman–Crippen LogP) is 6.09. The summed E-state index contributed by atoms with van der Waals surface area (Å²) in [5.74, 6) is 0.382. The van der Waals surface area contributed by atoms with E-state index in [-0.39, 0.29) is 35.3 Å². The molecule has 2 fully saturated rings. The van der Waals surface area contributed by atoms with E-state index in [9.17, 15) is 14.7 Å². The minimum Gasteiger partial charge on any atom is -0.388 e. The van der Waals surface area contributed by atoms with Gasteiger partial charge in [-0.3, -0.25) is 14.2 Å². The molecule has 1 saturated heterocycles. The molecule has 0 radical (unpaired) electrons. The molecule has 1 saturated carbocycles. The van der Waals surface area contributed by atoms with Crippen LogP contribution in [-0.2, 0) is 11.3 Å². The third kappa shape index (κ3) is 5.25. The Labute approximate surface area is 239 Å². The van der Waals surface area contributed by atoms with Crippen molar-refractivity contribution in [1.82, 2.24) is 14.5 Å². The Morgan fingerprint density at radius 2 is 1.70 bits per heavy atom. The number of likely N-dealkylation sites (tertiary alicyclic amines) is 1. The molecule has 0 bridgehead atoms. The van der Waals surface area contributed by atoms with Crippen molar-refractivity contribution in [2.75, 3.05) is 13.1 Å². The van der Waals surface area contributed by atoms with Crippen molar-refractivity contribution in [3.8, 4) is 10.4 Å². The zero-order valence-electron chi connectivity index (χ0n) is 23.3. The summed E-state index contributed by atoms with van der Waals surface area (Å²) in [6.45, 7) is 5.78. The molecular formula is C33H37N3O3S. The van der Waals surface area contributed by atoms with E-state index in [1.54, 1.807) is 6.33 Å². The van der Waals surface area contributed by atoms with Crippen LogP contribution in [0.1, 0.15) is 57.4 Å². The molecule has 1 aliphatic carbocycles. The van der Waals surface area contributed by atoms with Crippen LogP contribution in [-0.4, -0.2) is 44.2 Å². The number of carbonyl (C=O) groups is 1. The van der Waals surface area contributed by atoms with Crippen LogP contribution < -0.4 is 5.56 Å². The van der Waals surface area contributed by atoms with Gasteiger partial charge in [0.15, 0.2) is 0 Å². The van der Waals surface area contributed by atoms with Crippen molar-refractivity contribution >= 4 is 28.1 Å². The number of benzene rings is 2. The minimum absolute atomic E-state index is 0.0340. The second kappa shape index (κ2) is 10.6. The summed E-state index contributed by atoms with van der Waals surface area (Å²) < 4.78 is 1.54. The van der Waals surface area contributed by atoms with Crippen molar-refractivity contribution in [3.05, 3.63) is 88.3 Å². The molecule has 1 N–H and O–H groups in total. The molecule has 2 aliphatic rings. The lowest BCUT2D eigenvalue weighted by atomic mass is 9.64. The van der Waals surface area contributed by atoms with E-state index in [2.05, 4.69) is 43.1 Å². The molecule has 208 valence electrons. The quantitative estimate of drug-likeness (QED) is 0.323. The van der Waals surface area contributed by atoms with Crippen molar-refractivity contribution in [2.24, 2.45) is 11.3 Å². The molecular weight excluding hydrogens is 518 g/mol. The van der Waals surface area contributed by atoms with Crippen LogP contribution in [0.3, 0.4) is 0 Å². The molecule has 6 nitrogen and oxygen atoms in total. The molecule has 40 heavy (non-hydrogen) atoms. The number of thiophene rings is 1. The Bertz CT molecular complexity index is 1550. The lowest BCUT2D eigenvalue weighted by Gasteiger charge is -2.44. The van der Waals surface area contributed by atoms with Gasteiger partial charge >= 0.3 is 0 Å². The van der Waals surface area contributed by atoms with Gasteiger partial charge in [-0.15, -0.1) is 11.3 Å². The van der Waals surface area contributed by atoms with Crippen molar-refractivity contribution in [2.45, 2.75) is 64.0 Å². The van der Waals surface area contributed by atoms with Gasteiger partial charge in [-0.2, -0.15) is 0 Å². The third-order valence-electron chi connectivity index (χ3n) is 9.02. The van der Waals surface area contributed by atoms with E-state index >= 15 is 0 Å². The number of nitrogens with zero attached hydrogens (tertiary/aromatic N) is 3. The minimum atomic E-state index is -1.05. The van der Waals surface area contributed by atoms with Crippen LogP contribution in [0.5, 0.6) is 0 Å². The van der Waals surface area contributed by atoms with Crippen molar-refractivity contribution in [1.29, 1.82) is 0 Å². The Hall–Kier alpha value is -3.29. The number of aliphatic hydroxyl groups is 1. The fourth-order valence-corrected chi connectivity index (χ4v) is 7.65. The van der Waals surface area contributed by atoms with Gasteiger partial charge in [0.25, 0.3) is 5.56 Å². The third-order valence-corrected chi connectivity index (χ3v) is 10.0. The maximum atomic E-state index is 13.8. The van der Waals surface area contributed by atoms with Gasteiger partial charge in [0.1, 0.15) is 0 Å². The summed E-state index contributed by atoms with van der Waals surface area (Å²) in [4.78, 5) is 34.7. The Morgan fingerprint density at radius 1 is 1.02 bits per heavy atom. The number of hydrogen-bond acceptors (Lipinski definition) is 5. The van der Waals surface area contributed by atoms with Crippen LogP contribution in [0.25, 0.3) is 21.3 Å². The van der Waals surface area contributed by atoms with E-state index in [0.717, 1.165) is 29.7 Å². The second-order valence-electron chi connectivity index (χ2n) is 12.5. The molecule has 1 aliphatic heterocycles. The molecule has 4 aromatic rings. The molecule has 2 unspecified atom stereocenters. The first-order valence-electron chi connectivity index (χ1n) is 14.3. The summed E-state index contributed by atoms with van der Waals surface area (Å²) in [5, 5.41) is 13.9. The van der Waals surface area contributed by atoms with Gasteiger partial charge in [-0.1, -0.05) is 74.5 Å². The molecule has 6 rings (SSSR count). The number of rotatable bonds is 5. The van der Waals surface area contributed by atoms with Gasteiger partial charge in [0.05, 0.1) is 34.3 Å². The first kappa shape index (κ1) is 26.9. The highest BCUT2D eigenvalue weighted by atomic mass is 32.1. The monoisotopic (exact) mass is 555 g/mol. The Kier molecular flexibility index (Phi) is 7.13. The maximum Gasteiger partial charge on any atom is 0.262 e. The normalized spacial score (nSPS) is 22.3. The Balaban J connectivity index is 1.15. The molecule has 3 heterocycles. The van der Waals surface area contributed by atoms with Crippen molar-refractivity contribution < 1.29 is 9.90 Å². The second-order valence-corrected chi connectivity index (χ2v) is 13.3. The lowest BCUT2D eigenvalue weighted by molar-refractivity contribution is -0.142. The first-order chi connectivity index (χ1) is 19.2. The van der Waals surface area contributed by atoms with Crippen LogP contribution in [0, 0.1) is 11.3 Å². The number of fused-ring (bicyclic) bond motifs is 1. The predicted molar refractivity (Wildman–Crippen MR) is 160 cm³/mol. The van der Waals surface area contributed by atoms with Gasteiger partial charge < -0.3 is 10.0 Å². The molecule has 1 amide bonds. The largest absolute Gasteiger partial charge is 0.388 e. The van der Waals surface area contributed by atoms with Gasteiger partial charge in [0.2, 0.25) is 5.91 Å². The van der Waals surface area contributed by atoms with Gasteiger partial charge in [-0.25, -0.2) is 4.98 Å². The van der Waals surface area contributed by atoms with E-state index in [0.29, 0.717) is 36.8 Å². The summed E-state index contributed by atoms with van der Waals surface area (Å²) in [6, 6.07) is 20.4. The molecule has 7 heteroatoms. The van der Waals surface area contributed by atoms with E-state index in [4.69, 9.17) is 0 Å². The zero-order chi connectivity index (χ0) is 27.9. The standard InChI is InChI=1S/C33H37N3O3S/c1-32(2)14-13-25(26(19-32)23-9-5-3-6-10-23)30(37)35-17-15-33(39,16-18-35)21-36-22-34-28-27(31(36)38)20-40-29(28)24-11-7-4-8-12-24/h3-12,20,22,25-26,39H,13-19,21H2,1-2H3. The van der Waals surface area contributed by atoms with E-state index < -0.39 is 5.60 Å². The smallest absolute Gasteiger partial charge is 0.262 e. The SMILES string of the molecule is CC1(C)CCC(C(=O)N2CCC(O)(Cn3cnc4c(-c5ccccc5)scc4c3=O)CC2)C(c2ccccc2)C1. The first-order valence-corrected chi connectivity index (χ1v) is 15.2. The van der Waals surface area contributed by atoms with Crippen LogP contribution in [0.15, 0.2) is 77.2 Å². The van der Waals surface area contributed by atoms with Crippen molar-refractivity contribution in [3.63, 3.8) is 0 Å². The number of hydrogen-bond donors (Lipinski definition) is 1. The van der Waals surface area contributed by atoms with E-state index in [1.165, 1.54) is 21.5 Å². The molecule has 2 aromatic heterocycles. The highest BCUT2D eigenvalue weighted by Gasteiger charge is 2.43. The summed E-state index contributed by atoms with van der Waals surface area (Å²) in [6.07, 6.45) is 5.37. The highest BCUT2D eigenvalue weighted by molar-refractivity contribution is 7.15. The summed E-state index contributed by atoms with van der Waals surface area (Å²) >= 11 is 1.52. The van der Waals surface area contributed by atoms with Gasteiger partial charge in [0, 0.05) is 24.4 Å². The number of carbonyl (C=O) groups excluding carboxylic acids is 1. The Morgan fingerprint density at radius 3 is 2.40 bits per heavy atom. The van der Waals surface area contributed by atoms with Crippen LogP contribution in [0.4, 0.5) is 0 Å². The highest BCUT2D eigenvalue weighted by Crippen LogP contribution is 2.47. The molecule has 2 aromatic carbocycles. The fraction of sp³-hybridized carbons (Fsp3) is 0.424. The topological polar surface area (TPSA) is 75.4 Å². The summed E-state index contributed by atoms with van der Waals surface area (Å²) in [5.41, 5.74) is 2.01. The molecule has 0 spiro atoms. The summed E-state index contributed by atoms with van der Waals surface area (Å²) in [7, 11) is 0. The van der Waals surface area contributed by atoms with Crippen LogP contribution in [0.2, 0.25) is 0 Å².